The molecular formula is C22H17N5OS. The SMILES string of the molecule is Cc1cc(C2=Nc3cc(NC(=O)NCc4csc5ccccc45)ncc32)ccn1. The van der Waals surface area contributed by atoms with E-state index in [1.54, 1.807) is 29.8 Å². The van der Waals surface area contributed by atoms with Gasteiger partial charge in [0, 0.05) is 46.5 Å². The number of fused-ring (bicyclic) bond motifs is 2. The van der Waals surface area contributed by atoms with E-state index in [-0.39, 0.29) is 6.03 Å². The van der Waals surface area contributed by atoms with E-state index in [1.165, 1.54) is 10.1 Å². The molecule has 0 unspecified atom stereocenters. The number of aromatic nitrogens is 2. The number of thiophene rings is 1. The average Bonchev–Trinajstić information content (AvgIpc) is 3.11. The number of carbonyl (C=O) groups excluding carboxylic acids is 1. The largest absolute Gasteiger partial charge is 0.334 e. The number of anilines is 1. The van der Waals surface area contributed by atoms with E-state index in [4.69, 9.17) is 0 Å². The molecule has 5 rings (SSSR count). The summed E-state index contributed by atoms with van der Waals surface area (Å²) in [7, 11) is 0. The maximum Gasteiger partial charge on any atom is 0.320 e. The summed E-state index contributed by atoms with van der Waals surface area (Å²) >= 11 is 1.68. The minimum absolute atomic E-state index is 0.291. The summed E-state index contributed by atoms with van der Waals surface area (Å²) in [6.45, 7) is 2.41. The van der Waals surface area contributed by atoms with Crippen molar-refractivity contribution in [3.63, 3.8) is 0 Å². The Morgan fingerprint density at radius 2 is 2.03 bits per heavy atom. The molecular weight excluding hydrogens is 382 g/mol. The molecule has 3 aromatic heterocycles. The van der Waals surface area contributed by atoms with E-state index in [2.05, 4.69) is 43.1 Å². The third-order valence-electron chi connectivity index (χ3n) is 4.78. The summed E-state index contributed by atoms with van der Waals surface area (Å²) in [6, 6.07) is 13.6. The Balaban J connectivity index is 1.24. The van der Waals surface area contributed by atoms with E-state index in [9.17, 15) is 4.79 Å². The van der Waals surface area contributed by atoms with Crippen molar-refractivity contribution in [3.8, 4) is 0 Å². The summed E-state index contributed by atoms with van der Waals surface area (Å²) in [5, 5.41) is 8.92. The highest BCUT2D eigenvalue weighted by Crippen LogP contribution is 2.34. The predicted molar refractivity (Wildman–Crippen MR) is 116 cm³/mol. The maximum absolute atomic E-state index is 12.3. The molecule has 0 bridgehead atoms. The normalized spacial score (nSPS) is 12.1. The van der Waals surface area contributed by atoms with E-state index in [1.807, 2.05) is 31.2 Å². The van der Waals surface area contributed by atoms with Gasteiger partial charge in [0.2, 0.25) is 0 Å². The van der Waals surface area contributed by atoms with E-state index in [0.29, 0.717) is 12.4 Å². The molecule has 7 heteroatoms. The van der Waals surface area contributed by atoms with Crippen LogP contribution in [0.1, 0.15) is 22.4 Å². The smallest absolute Gasteiger partial charge is 0.320 e. The Kier molecular flexibility index (Phi) is 4.29. The van der Waals surface area contributed by atoms with Gasteiger partial charge >= 0.3 is 6.03 Å². The van der Waals surface area contributed by atoms with Crippen LogP contribution in [0.2, 0.25) is 0 Å². The van der Waals surface area contributed by atoms with Crippen molar-refractivity contribution in [3.05, 3.63) is 82.6 Å². The van der Waals surface area contributed by atoms with E-state index < -0.39 is 0 Å². The van der Waals surface area contributed by atoms with Gasteiger partial charge in [0.15, 0.2) is 0 Å². The molecule has 1 aliphatic rings. The molecule has 4 heterocycles. The fourth-order valence-corrected chi connectivity index (χ4v) is 4.30. The summed E-state index contributed by atoms with van der Waals surface area (Å²) in [5.74, 6) is 0.477. The van der Waals surface area contributed by atoms with Crippen molar-refractivity contribution in [2.24, 2.45) is 4.99 Å². The molecule has 0 spiro atoms. The van der Waals surface area contributed by atoms with Crippen LogP contribution >= 0.6 is 11.3 Å². The van der Waals surface area contributed by atoms with Crippen molar-refractivity contribution in [2.75, 3.05) is 5.32 Å². The highest BCUT2D eigenvalue weighted by Gasteiger charge is 2.22. The van der Waals surface area contributed by atoms with Crippen molar-refractivity contribution < 1.29 is 4.79 Å². The van der Waals surface area contributed by atoms with Crippen molar-refractivity contribution in [2.45, 2.75) is 13.5 Å². The second-order valence-corrected chi connectivity index (χ2v) is 7.71. The minimum Gasteiger partial charge on any atom is -0.334 e. The van der Waals surface area contributed by atoms with Crippen LogP contribution in [0.3, 0.4) is 0 Å². The zero-order chi connectivity index (χ0) is 19.8. The maximum atomic E-state index is 12.3. The van der Waals surface area contributed by atoms with Crippen LogP contribution in [-0.4, -0.2) is 21.7 Å². The third-order valence-corrected chi connectivity index (χ3v) is 5.79. The first kappa shape index (κ1) is 17.5. The highest BCUT2D eigenvalue weighted by molar-refractivity contribution is 7.17. The number of carbonyl (C=O) groups is 1. The van der Waals surface area contributed by atoms with E-state index in [0.717, 1.165) is 33.8 Å². The molecule has 2 N–H and O–H groups in total. The van der Waals surface area contributed by atoms with Gasteiger partial charge in [-0.3, -0.25) is 10.3 Å². The fourth-order valence-electron chi connectivity index (χ4n) is 3.33. The fraction of sp³-hybridized carbons (Fsp3) is 0.0909. The van der Waals surface area contributed by atoms with Gasteiger partial charge in [-0.15, -0.1) is 11.3 Å². The van der Waals surface area contributed by atoms with Gasteiger partial charge in [-0.25, -0.2) is 14.8 Å². The van der Waals surface area contributed by atoms with Crippen LogP contribution in [0.5, 0.6) is 0 Å². The second-order valence-electron chi connectivity index (χ2n) is 6.80. The Labute approximate surface area is 171 Å². The molecule has 4 aromatic rings. The second kappa shape index (κ2) is 7.10. The number of aryl methyl sites for hydroxylation is 1. The summed E-state index contributed by atoms with van der Waals surface area (Å²) < 4.78 is 1.21. The van der Waals surface area contributed by atoms with Crippen LogP contribution in [0, 0.1) is 6.92 Å². The van der Waals surface area contributed by atoms with Crippen molar-refractivity contribution >= 4 is 44.7 Å². The zero-order valence-electron chi connectivity index (χ0n) is 15.6. The van der Waals surface area contributed by atoms with Gasteiger partial charge in [0.05, 0.1) is 11.4 Å². The van der Waals surface area contributed by atoms with Crippen LogP contribution in [0.25, 0.3) is 10.1 Å². The standard InChI is InChI=1S/C22H17N5OS/c1-13-8-14(6-7-23-13)21-17-11-24-20(9-18(17)26-21)27-22(28)25-10-15-12-29-19-5-3-2-4-16(15)19/h2-9,11-12H,10H2,1H3,(H2,24,25,27,28). The molecule has 142 valence electrons. The molecule has 2 amide bonds. The number of pyridine rings is 2. The van der Waals surface area contributed by atoms with Crippen LogP contribution in [0.4, 0.5) is 16.3 Å². The molecule has 0 saturated carbocycles. The van der Waals surface area contributed by atoms with Crippen molar-refractivity contribution in [1.29, 1.82) is 0 Å². The molecule has 0 aliphatic carbocycles. The average molecular weight is 399 g/mol. The lowest BCUT2D eigenvalue weighted by atomic mass is 9.98. The number of aliphatic imine (C=N–C) groups is 1. The highest BCUT2D eigenvalue weighted by atomic mass is 32.1. The lowest BCUT2D eigenvalue weighted by Crippen LogP contribution is -2.28. The van der Waals surface area contributed by atoms with Crippen LogP contribution < -0.4 is 10.6 Å². The van der Waals surface area contributed by atoms with E-state index >= 15 is 0 Å². The van der Waals surface area contributed by atoms with Crippen LogP contribution in [-0.2, 0) is 6.54 Å². The monoisotopic (exact) mass is 399 g/mol. The van der Waals surface area contributed by atoms with Gasteiger partial charge in [-0.2, -0.15) is 0 Å². The van der Waals surface area contributed by atoms with Gasteiger partial charge in [-0.05, 0) is 41.5 Å². The summed E-state index contributed by atoms with van der Waals surface area (Å²) in [5.41, 5.74) is 5.77. The molecule has 0 fully saturated rings. The zero-order valence-corrected chi connectivity index (χ0v) is 16.5. The quantitative estimate of drug-likeness (QED) is 0.455. The molecule has 1 aliphatic heterocycles. The molecule has 1 aromatic carbocycles. The Morgan fingerprint density at radius 1 is 1.14 bits per heavy atom. The molecule has 0 saturated heterocycles. The minimum atomic E-state index is -0.291. The first-order valence-corrected chi connectivity index (χ1v) is 10.1. The number of benzene rings is 1. The number of urea groups is 1. The third kappa shape index (κ3) is 3.36. The molecule has 29 heavy (non-hydrogen) atoms. The number of hydrogen-bond acceptors (Lipinski definition) is 5. The number of nitrogens with zero attached hydrogens (tertiary/aromatic N) is 3. The van der Waals surface area contributed by atoms with Crippen molar-refractivity contribution in [1.82, 2.24) is 15.3 Å². The summed E-state index contributed by atoms with van der Waals surface area (Å²) in [4.78, 5) is 25.4. The Morgan fingerprint density at radius 3 is 2.90 bits per heavy atom. The number of rotatable bonds is 4. The molecule has 0 atom stereocenters. The first-order chi connectivity index (χ1) is 14.2. The topological polar surface area (TPSA) is 79.3 Å². The Bertz CT molecular complexity index is 1280. The lowest BCUT2D eigenvalue weighted by Gasteiger charge is -2.19. The molecule has 6 nitrogen and oxygen atoms in total. The number of amides is 2. The Hall–Kier alpha value is -3.58. The van der Waals surface area contributed by atoms with Crippen LogP contribution in [0.15, 0.2) is 65.2 Å². The van der Waals surface area contributed by atoms with Gasteiger partial charge in [0.25, 0.3) is 0 Å². The van der Waals surface area contributed by atoms with Gasteiger partial charge in [0.1, 0.15) is 5.82 Å². The molecule has 0 radical (unpaired) electrons. The van der Waals surface area contributed by atoms with Gasteiger partial charge < -0.3 is 5.32 Å². The predicted octanol–water partition coefficient (Wildman–Crippen LogP) is 4.80. The van der Waals surface area contributed by atoms with Gasteiger partial charge in [-0.1, -0.05) is 18.2 Å². The lowest BCUT2D eigenvalue weighted by molar-refractivity contribution is 0.251. The number of nitrogens with one attached hydrogen (secondary N) is 2. The summed E-state index contributed by atoms with van der Waals surface area (Å²) in [6.07, 6.45) is 3.52. The number of hydrogen-bond donors (Lipinski definition) is 2. The first-order valence-electron chi connectivity index (χ1n) is 9.19.